The summed E-state index contributed by atoms with van der Waals surface area (Å²) in [5, 5.41) is 23.3. The van der Waals surface area contributed by atoms with Gasteiger partial charge in [-0.2, -0.15) is 0 Å². The van der Waals surface area contributed by atoms with Crippen molar-refractivity contribution >= 4 is 45.3 Å². The lowest BCUT2D eigenvalue weighted by molar-refractivity contribution is -0.135. The van der Waals surface area contributed by atoms with Crippen molar-refractivity contribution in [3.8, 4) is 17.0 Å². The van der Waals surface area contributed by atoms with Gasteiger partial charge in [0.1, 0.15) is 17.4 Å². The molecule has 0 bridgehead atoms. The Morgan fingerprint density at radius 3 is 2.59 bits per heavy atom. The predicted octanol–water partition coefficient (Wildman–Crippen LogP) is 3.67. The van der Waals surface area contributed by atoms with Crippen LogP contribution in [0.5, 0.6) is 5.75 Å². The fourth-order valence-electron chi connectivity index (χ4n) is 6.60. The summed E-state index contributed by atoms with van der Waals surface area (Å²) in [6.07, 6.45) is 4.47. The van der Waals surface area contributed by atoms with Crippen molar-refractivity contribution in [3.63, 3.8) is 0 Å². The van der Waals surface area contributed by atoms with Crippen molar-refractivity contribution in [2.75, 3.05) is 43.4 Å². The quantitative estimate of drug-likeness (QED) is 0.242. The molecule has 3 aromatic heterocycles. The molecule has 2 saturated heterocycles. The summed E-state index contributed by atoms with van der Waals surface area (Å²) >= 11 is 0. The molecule has 5 heterocycles. The molecule has 1 unspecified atom stereocenters. The number of imide groups is 1. The lowest BCUT2D eigenvalue weighted by atomic mass is 10.0. The minimum Gasteiger partial charge on any atom is -0.507 e. The van der Waals surface area contributed by atoms with Crippen molar-refractivity contribution in [3.05, 3.63) is 72.4 Å². The standard InChI is InChI=1S/C33H34N8O3/c34-31-27(20-24(37-38-31)22-7-2-4-10-28(22)42)40-18-16-39(17-19-40)15-5-6-21-13-14-35-32-30(21)23-8-1-3-9-25(23)41(32)26-11-12-29(43)36-33(26)44/h1-4,7-10,13-14,20,26,42H,5-6,11-12,15-19H2,(H2,34,38)(H,36,43,44). The molecule has 2 aliphatic rings. The SMILES string of the molecule is Nc1nnc(-c2ccccc2O)cc1N1CCN(CCCc2ccnc3c2c2ccccc2n3C2CCC(=O)NC2=O)CC1. The number of phenolic OH excluding ortho intramolecular Hbond substituents is 1. The van der Waals surface area contributed by atoms with Crippen LogP contribution in [-0.4, -0.2) is 74.3 Å². The van der Waals surface area contributed by atoms with Gasteiger partial charge in [-0.1, -0.05) is 30.3 Å². The van der Waals surface area contributed by atoms with Gasteiger partial charge >= 0.3 is 0 Å². The summed E-state index contributed by atoms with van der Waals surface area (Å²) in [5.41, 5.74) is 11.3. The van der Waals surface area contributed by atoms with E-state index in [2.05, 4.69) is 37.4 Å². The fourth-order valence-corrected chi connectivity index (χ4v) is 6.60. The molecule has 0 saturated carbocycles. The van der Waals surface area contributed by atoms with E-state index < -0.39 is 6.04 Å². The minimum atomic E-state index is -0.465. The summed E-state index contributed by atoms with van der Waals surface area (Å²) in [6, 6.07) is 18.7. The van der Waals surface area contributed by atoms with Gasteiger partial charge in [0.15, 0.2) is 5.82 Å². The Morgan fingerprint density at radius 1 is 0.977 bits per heavy atom. The monoisotopic (exact) mass is 590 g/mol. The van der Waals surface area contributed by atoms with E-state index in [1.54, 1.807) is 12.1 Å². The van der Waals surface area contributed by atoms with E-state index in [1.807, 2.05) is 47.2 Å². The number of hydrogen-bond donors (Lipinski definition) is 3. The number of aryl methyl sites for hydroxylation is 1. The Balaban J connectivity index is 1.04. The van der Waals surface area contributed by atoms with E-state index in [9.17, 15) is 14.7 Å². The lowest BCUT2D eigenvalue weighted by Crippen LogP contribution is -2.47. The third-order valence-electron chi connectivity index (χ3n) is 8.81. The van der Waals surface area contributed by atoms with Gasteiger partial charge in [-0.3, -0.25) is 19.8 Å². The molecule has 224 valence electrons. The number of para-hydroxylation sites is 2. The maximum Gasteiger partial charge on any atom is 0.249 e. The van der Waals surface area contributed by atoms with Crippen LogP contribution in [0.15, 0.2) is 66.9 Å². The Hall–Kier alpha value is -5.03. The number of rotatable bonds is 7. The second-order valence-electron chi connectivity index (χ2n) is 11.5. The van der Waals surface area contributed by atoms with Gasteiger partial charge in [0.25, 0.3) is 0 Å². The number of aromatic nitrogens is 4. The molecule has 44 heavy (non-hydrogen) atoms. The highest BCUT2D eigenvalue weighted by Crippen LogP contribution is 2.36. The number of fused-ring (bicyclic) bond motifs is 3. The van der Waals surface area contributed by atoms with Crippen LogP contribution in [0, 0.1) is 0 Å². The van der Waals surface area contributed by atoms with Crippen molar-refractivity contribution < 1.29 is 14.7 Å². The van der Waals surface area contributed by atoms with E-state index in [0.717, 1.165) is 73.2 Å². The smallest absolute Gasteiger partial charge is 0.249 e. The van der Waals surface area contributed by atoms with Gasteiger partial charge in [-0.25, -0.2) is 4.98 Å². The zero-order valence-corrected chi connectivity index (χ0v) is 24.3. The second-order valence-corrected chi connectivity index (χ2v) is 11.5. The third-order valence-corrected chi connectivity index (χ3v) is 8.81. The number of piperidine rings is 1. The second kappa shape index (κ2) is 11.6. The highest BCUT2D eigenvalue weighted by Gasteiger charge is 2.31. The van der Waals surface area contributed by atoms with Crippen LogP contribution in [0.25, 0.3) is 33.2 Å². The number of amides is 2. The molecule has 4 N–H and O–H groups in total. The number of nitrogens with one attached hydrogen (secondary N) is 1. The molecule has 0 aliphatic carbocycles. The number of nitrogens with two attached hydrogens (primary N) is 1. The van der Waals surface area contributed by atoms with Gasteiger partial charge in [-0.15, -0.1) is 10.2 Å². The molecule has 2 aromatic carbocycles. The van der Waals surface area contributed by atoms with Gasteiger partial charge in [0.2, 0.25) is 11.8 Å². The van der Waals surface area contributed by atoms with Gasteiger partial charge in [0, 0.05) is 55.1 Å². The van der Waals surface area contributed by atoms with Gasteiger partial charge in [0.05, 0.1) is 16.9 Å². The first-order valence-corrected chi connectivity index (χ1v) is 15.1. The number of pyridine rings is 1. The largest absolute Gasteiger partial charge is 0.507 e. The van der Waals surface area contributed by atoms with Crippen molar-refractivity contribution in [1.82, 2.24) is 30.0 Å². The summed E-state index contributed by atoms with van der Waals surface area (Å²) in [4.78, 5) is 34.1. The Morgan fingerprint density at radius 2 is 1.77 bits per heavy atom. The van der Waals surface area contributed by atoms with Crippen LogP contribution >= 0.6 is 0 Å². The predicted molar refractivity (Wildman–Crippen MR) is 169 cm³/mol. The Bertz CT molecular complexity index is 1880. The molecular weight excluding hydrogens is 556 g/mol. The number of anilines is 2. The highest BCUT2D eigenvalue weighted by molar-refractivity contribution is 6.10. The molecule has 0 radical (unpaired) electrons. The topological polar surface area (TPSA) is 142 Å². The fraction of sp³-hybridized carbons (Fsp3) is 0.303. The van der Waals surface area contributed by atoms with E-state index in [1.165, 1.54) is 5.56 Å². The summed E-state index contributed by atoms with van der Waals surface area (Å²) in [7, 11) is 0. The van der Waals surface area contributed by atoms with Crippen molar-refractivity contribution in [2.45, 2.75) is 31.7 Å². The van der Waals surface area contributed by atoms with Crippen LogP contribution in [0.1, 0.15) is 30.9 Å². The van der Waals surface area contributed by atoms with Crippen LogP contribution in [0.2, 0.25) is 0 Å². The maximum atomic E-state index is 12.8. The van der Waals surface area contributed by atoms with Gasteiger partial charge in [-0.05, 0) is 61.7 Å². The molecule has 1 atom stereocenters. The number of nitrogens with zero attached hydrogens (tertiary/aromatic N) is 6. The number of piperazine rings is 1. The molecule has 2 amide bonds. The number of benzene rings is 2. The number of phenols is 1. The summed E-state index contributed by atoms with van der Waals surface area (Å²) in [6.45, 7) is 4.38. The average Bonchev–Trinajstić information content (AvgIpc) is 3.37. The maximum absolute atomic E-state index is 12.8. The lowest BCUT2D eigenvalue weighted by Gasteiger charge is -2.36. The van der Waals surface area contributed by atoms with E-state index in [-0.39, 0.29) is 17.6 Å². The molecule has 0 spiro atoms. The van der Waals surface area contributed by atoms with Crippen molar-refractivity contribution in [2.24, 2.45) is 0 Å². The number of carbonyl (C=O) groups excluding carboxylic acids is 2. The first-order valence-electron chi connectivity index (χ1n) is 15.1. The summed E-state index contributed by atoms with van der Waals surface area (Å²) in [5.74, 6) is 0.0544. The molecule has 11 heteroatoms. The first kappa shape index (κ1) is 27.8. The zero-order valence-electron chi connectivity index (χ0n) is 24.3. The molecule has 2 fully saturated rings. The molecule has 2 aliphatic heterocycles. The van der Waals surface area contributed by atoms with E-state index in [0.29, 0.717) is 29.9 Å². The Kier molecular flexibility index (Phi) is 7.31. The molecular formula is C33H34N8O3. The minimum absolute atomic E-state index is 0.161. The van der Waals surface area contributed by atoms with E-state index in [4.69, 9.17) is 10.7 Å². The van der Waals surface area contributed by atoms with E-state index >= 15 is 0 Å². The van der Waals surface area contributed by atoms with Crippen molar-refractivity contribution in [1.29, 1.82) is 0 Å². The van der Waals surface area contributed by atoms with Gasteiger partial charge < -0.3 is 20.3 Å². The Labute approximate surface area is 254 Å². The number of hydrogen-bond acceptors (Lipinski definition) is 9. The number of carbonyl (C=O) groups is 2. The highest BCUT2D eigenvalue weighted by atomic mass is 16.3. The van der Waals surface area contributed by atoms with Crippen LogP contribution in [-0.2, 0) is 16.0 Å². The zero-order chi connectivity index (χ0) is 30.2. The normalized spacial score (nSPS) is 17.8. The number of aromatic hydroxyl groups is 1. The van der Waals surface area contributed by atoms with Crippen LogP contribution in [0.3, 0.4) is 0 Å². The molecule has 11 nitrogen and oxygen atoms in total. The first-order chi connectivity index (χ1) is 21.5. The summed E-state index contributed by atoms with van der Waals surface area (Å²) < 4.78 is 2.01. The van der Waals surface area contributed by atoms with Crippen LogP contribution < -0.4 is 16.0 Å². The number of nitrogen functional groups attached to an aromatic ring is 1. The average molecular weight is 591 g/mol. The van der Waals surface area contributed by atoms with Crippen LogP contribution in [0.4, 0.5) is 11.5 Å². The molecule has 5 aromatic rings. The third kappa shape index (κ3) is 5.09. The molecule has 7 rings (SSSR count).